The number of aromatic nitrogens is 1. The number of nitrogens with one attached hydrogen (secondary N) is 1. The van der Waals surface area contributed by atoms with Crippen molar-refractivity contribution >= 4 is 26.8 Å². The third kappa shape index (κ3) is 2.83. The number of halogens is 1. The zero-order valence-corrected chi connectivity index (χ0v) is 12.7. The molecule has 21 heavy (non-hydrogen) atoms. The van der Waals surface area contributed by atoms with Crippen LogP contribution in [0.25, 0.3) is 10.9 Å². The van der Waals surface area contributed by atoms with E-state index in [0.29, 0.717) is 0 Å². The highest BCUT2D eigenvalue weighted by atomic mass is 79.9. The number of hydrogen-bond acceptors (Lipinski definition) is 2. The Kier molecular flexibility index (Phi) is 3.75. The average Bonchev–Trinajstić information content (AvgIpc) is 2.88. The number of H-pyrrole nitrogens is 1. The molecule has 1 atom stereocenters. The Morgan fingerprint density at radius 3 is 2.76 bits per heavy atom. The van der Waals surface area contributed by atoms with Crippen LogP contribution in [0.5, 0.6) is 0 Å². The van der Waals surface area contributed by atoms with Gasteiger partial charge in [-0.1, -0.05) is 46.3 Å². The van der Waals surface area contributed by atoms with Crippen LogP contribution in [0.15, 0.2) is 59.2 Å². The fraction of sp³-hybridized carbons (Fsp3) is 0.125. The number of hydrogen-bond donors (Lipinski definition) is 1. The van der Waals surface area contributed by atoms with Gasteiger partial charge in [-0.25, -0.2) is 0 Å². The Morgan fingerprint density at radius 2 is 2.00 bits per heavy atom. The molecule has 0 aliphatic carbocycles. The minimum absolute atomic E-state index is 0.127. The molecule has 4 nitrogen and oxygen atoms in total. The van der Waals surface area contributed by atoms with Crippen LogP contribution < -0.4 is 0 Å². The lowest BCUT2D eigenvalue weighted by atomic mass is 9.91. The number of fused-ring (bicyclic) bond motifs is 1. The van der Waals surface area contributed by atoms with Crippen molar-refractivity contribution in [1.29, 1.82) is 0 Å². The van der Waals surface area contributed by atoms with Crippen LogP contribution >= 0.6 is 15.9 Å². The number of rotatable bonds is 4. The van der Waals surface area contributed by atoms with Crippen LogP contribution in [0.3, 0.4) is 0 Å². The molecule has 0 radical (unpaired) electrons. The van der Waals surface area contributed by atoms with Crippen LogP contribution in [-0.2, 0) is 0 Å². The molecule has 0 spiro atoms. The fourth-order valence-corrected chi connectivity index (χ4v) is 3.05. The molecule has 0 aliphatic heterocycles. The van der Waals surface area contributed by atoms with Crippen molar-refractivity contribution in [3.63, 3.8) is 0 Å². The second-order valence-corrected chi connectivity index (χ2v) is 5.83. The highest BCUT2D eigenvalue weighted by Crippen LogP contribution is 2.32. The molecule has 1 heterocycles. The molecule has 1 N–H and O–H groups in total. The standard InChI is InChI=1S/C16H13BrN2O2/c17-12-5-3-4-11(8-12)15(10-19(20)21)14-9-18-16-7-2-1-6-13(14)16/h1-9,15,18H,10H2. The van der Waals surface area contributed by atoms with Gasteiger partial charge in [-0.3, -0.25) is 10.1 Å². The topological polar surface area (TPSA) is 58.9 Å². The lowest BCUT2D eigenvalue weighted by molar-refractivity contribution is -0.481. The maximum Gasteiger partial charge on any atom is 0.214 e. The van der Waals surface area contributed by atoms with E-state index >= 15 is 0 Å². The molecule has 0 fully saturated rings. The summed E-state index contributed by atoms with van der Waals surface area (Å²) in [6.07, 6.45) is 1.87. The lowest BCUT2D eigenvalue weighted by Gasteiger charge is -2.13. The quantitative estimate of drug-likeness (QED) is 0.565. The van der Waals surface area contributed by atoms with Gasteiger partial charge in [-0.05, 0) is 29.3 Å². The van der Waals surface area contributed by atoms with Crippen LogP contribution in [0.2, 0.25) is 0 Å². The predicted octanol–water partition coefficient (Wildman–Crippen LogP) is 4.34. The summed E-state index contributed by atoms with van der Waals surface area (Å²) in [5, 5.41) is 12.1. The summed E-state index contributed by atoms with van der Waals surface area (Å²) in [6, 6.07) is 15.6. The maximum absolute atomic E-state index is 11.1. The SMILES string of the molecule is O=[N+]([O-])CC(c1cccc(Br)c1)c1c[nH]c2ccccc12. The van der Waals surface area contributed by atoms with Crippen molar-refractivity contribution in [2.75, 3.05) is 6.54 Å². The molecule has 5 heteroatoms. The lowest BCUT2D eigenvalue weighted by Crippen LogP contribution is -2.13. The van der Waals surface area contributed by atoms with Crippen LogP contribution in [0.4, 0.5) is 0 Å². The molecule has 1 unspecified atom stereocenters. The van der Waals surface area contributed by atoms with Gasteiger partial charge in [-0.15, -0.1) is 0 Å². The number of benzene rings is 2. The second-order valence-electron chi connectivity index (χ2n) is 4.91. The molecule has 0 aliphatic rings. The van der Waals surface area contributed by atoms with Gasteiger partial charge in [0.1, 0.15) is 0 Å². The van der Waals surface area contributed by atoms with Crippen LogP contribution in [-0.4, -0.2) is 16.5 Å². The second kappa shape index (κ2) is 5.69. The van der Waals surface area contributed by atoms with E-state index in [1.807, 2.05) is 54.7 Å². The van der Waals surface area contributed by atoms with Crippen molar-refractivity contribution in [2.24, 2.45) is 0 Å². The molecule has 0 amide bonds. The Balaban J connectivity index is 2.13. The molecule has 0 saturated carbocycles. The van der Waals surface area contributed by atoms with Crippen molar-refractivity contribution in [1.82, 2.24) is 4.98 Å². The summed E-state index contributed by atoms with van der Waals surface area (Å²) in [5.41, 5.74) is 2.89. The molecule has 106 valence electrons. The average molecular weight is 345 g/mol. The van der Waals surface area contributed by atoms with E-state index in [9.17, 15) is 10.1 Å². The Labute approximate surface area is 130 Å². The summed E-state index contributed by atoms with van der Waals surface area (Å²) >= 11 is 3.43. The first-order chi connectivity index (χ1) is 10.1. The van der Waals surface area contributed by atoms with Crippen molar-refractivity contribution in [3.8, 4) is 0 Å². The predicted molar refractivity (Wildman–Crippen MR) is 86.1 cm³/mol. The van der Waals surface area contributed by atoms with Crippen molar-refractivity contribution in [3.05, 3.63) is 80.4 Å². The molecular weight excluding hydrogens is 332 g/mol. The molecule has 2 aromatic carbocycles. The molecule has 0 bridgehead atoms. The van der Waals surface area contributed by atoms with Gasteiger partial charge >= 0.3 is 0 Å². The first-order valence-corrected chi connectivity index (χ1v) is 7.38. The highest BCUT2D eigenvalue weighted by molar-refractivity contribution is 9.10. The van der Waals surface area contributed by atoms with E-state index < -0.39 is 0 Å². The smallest absolute Gasteiger partial charge is 0.214 e. The van der Waals surface area contributed by atoms with E-state index in [1.165, 1.54) is 0 Å². The highest BCUT2D eigenvalue weighted by Gasteiger charge is 2.23. The molecule has 1 aromatic heterocycles. The third-order valence-electron chi connectivity index (χ3n) is 3.58. The molecule has 0 saturated heterocycles. The fourth-order valence-electron chi connectivity index (χ4n) is 2.64. The third-order valence-corrected chi connectivity index (χ3v) is 4.07. The molecule has 3 rings (SSSR count). The number of para-hydroxylation sites is 1. The van der Waals surface area contributed by atoms with Gasteiger partial charge in [0, 0.05) is 26.5 Å². The van der Waals surface area contributed by atoms with Gasteiger partial charge in [0.2, 0.25) is 6.54 Å². The van der Waals surface area contributed by atoms with Crippen molar-refractivity contribution in [2.45, 2.75) is 5.92 Å². The monoisotopic (exact) mass is 344 g/mol. The van der Waals surface area contributed by atoms with E-state index in [-0.39, 0.29) is 17.4 Å². The van der Waals surface area contributed by atoms with Crippen LogP contribution in [0.1, 0.15) is 17.0 Å². The Hall–Kier alpha value is -2.14. The normalized spacial score (nSPS) is 12.4. The minimum atomic E-state index is -0.270. The summed E-state index contributed by atoms with van der Waals surface area (Å²) in [5.74, 6) is -0.270. The maximum atomic E-state index is 11.1. The Bertz CT molecular complexity index is 798. The van der Waals surface area contributed by atoms with E-state index in [1.54, 1.807) is 0 Å². The molecular formula is C16H13BrN2O2. The number of nitrogens with zero attached hydrogens (tertiary/aromatic N) is 1. The van der Waals surface area contributed by atoms with Gasteiger partial charge in [-0.2, -0.15) is 0 Å². The minimum Gasteiger partial charge on any atom is -0.361 e. The first-order valence-electron chi connectivity index (χ1n) is 6.58. The van der Waals surface area contributed by atoms with Gasteiger partial charge in [0.15, 0.2) is 0 Å². The molecule has 3 aromatic rings. The number of aromatic amines is 1. The van der Waals surface area contributed by atoms with E-state index in [2.05, 4.69) is 20.9 Å². The van der Waals surface area contributed by atoms with Crippen molar-refractivity contribution < 1.29 is 4.92 Å². The van der Waals surface area contributed by atoms with E-state index in [0.717, 1.165) is 26.5 Å². The summed E-state index contributed by atoms with van der Waals surface area (Å²) in [7, 11) is 0. The summed E-state index contributed by atoms with van der Waals surface area (Å²) < 4.78 is 0.924. The van der Waals surface area contributed by atoms with E-state index in [4.69, 9.17) is 0 Å². The first kappa shape index (κ1) is 13.8. The Morgan fingerprint density at radius 1 is 1.19 bits per heavy atom. The van der Waals surface area contributed by atoms with Gasteiger partial charge < -0.3 is 4.98 Å². The largest absolute Gasteiger partial charge is 0.361 e. The zero-order valence-electron chi connectivity index (χ0n) is 11.1. The zero-order chi connectivity index (χ0) is 14.8. The summed E-state index contributed by atoms with van der Waals surface area (Å²) in [6.45, 7) is -0.127. The van der Waals surface area contributed by atoms with Gasteiger partial charge in [0.25, 0.3) is 0 Å². The number of nitro groups is 1. The summed E-state index contributed by atoms with van der Waals surface area (Å²) in [4.78, 5) is 14.0. The van der Waals surface area contributed by atoms with Gasteiger partial charge in [0.05, 0.1) is 5.92 Å². The van der Waals surface area contributed by atoms with Crippen LogP contribution in [0, 0.1) is 10.1 Å².